The van der Waals surface area contributed by atoms with Crippen LogP contribution in [-0.2, 0) is 6.42 Å². The first kappa shape index (κ1) is 9.98. The van der Waals surface area contributed by atoms with Crippen LogP contribution in [0.2, 0.25) is 0 Å². The van der Waals surface area contributed by atoms with E-state index < -0.39 is 0 Å². The zero-order valence-electron chi connectivity index (χ0n) is 9.14. The molecule has 0 spiro atoms. The van der Waals surface area contributed by atoms with Gasteiger partial charge in [-0.2, -0.15) is 0 Å². The number of imidazole rings is 1. The van der Waals surface area contributed by atoms with Gasteiger partial charge in [0.1, 0.15) is 5.82 Å². The van der Waals surface area contributed by atoms with Crippen molar-refractivity contribution < 1.29 is 0 Å². The van der Waals surface area contributed by atoms with Crippen LogP contribution < -0.4 is 5.73 Å². The van der Waals surface area contributed by atoms with Crippen LogP contribution in [0.3, 0.4) is 0 Å². The van der Waals surface area contributed by atoms with E-state index in [1.54, 1.807) is 0 Å². The number of nitrogens with two attached hydrogens (primary N) is 1. The molecule has 2 N–H and O–H groups in total. The van der Waals surface area contributed by atoms with Gasteiger partial charge < -0.3 is 15.0 Å². The number of nitrogens with zero attached hydrogens (tertiary/aromatic N) is 3. The lowest BCUT2D eigenvalue weighted by Gasteiger charge is -2.08. The number of anilines is 1. The fourth-order valence-corrected chi connectivity index (χ4v) is 1.57. The number of rotatable bonds is 3. The molecule has 0 amide bonds. The summed E-state index contributed by atoms with van der Waals surface area (Å²) < 4.78 is 2.05. The molecule has 0 aliphatic rings. The van der Waals surface area contributed by atoms with Gasteiger partial charge in [0.2, 0.25) is 0 Å². The zero-order chi connectivity index (χ0) is 10.8. The summed E-state index contributed by atoms with van der Waals surface area (Å²) in [6, 6.07) is 3.88. The van der Waals surface area contributed by atoms with Crippen LogP contribution in [-0.4, -0.2) is 34.9 Å². The third-order valence-corrected chi connectivity index (χ3v) is 2.41. The summed E-state index contributed by atoms with van der Waals surface area (Å²) in [6.07, 6.45) is 4.74. The Morgan fingerprint density at radius 1 is 1.40 bits per heavy atom. The van der Waals surface area contributed by atoms with Gasteiger partial charge in [0.05, 0.1) is 11.7 Å². The van der Waals surface area contributed by atoms with Gasteiger partial charge in [-0.1, -0.05) is 0 Å². The molecule has 0 aliphatic heterocycles. The maximum Gasteiger partial charge on any atom is 0.114 e. The van der Waals surface area contributed by atoms with Crippen molar-refractivity contribution in [1.29, 1.82) is 0 Å². The Balaban J connectivity index is 2.31. The van der Waals surface area contributed by atoms with E-state index in [9.17, 15) is 0 Å². The Kier molecular flexibility index (Phi) is 2.60. The molecule has 2 aromatic heterocycles. The first-order valence-corrected chi connectivity index (χ1v) is 5.03. The van der Waals surface area contributed by atoms with Crippen LogP contribution >= 0.6 is 0 Å². The SMILES string of the molecule is CN(C)CCc1ncc2ccc(N)cn12. The second-order valence-electron chi connectivity index (χ2n) is 3.99. The van der Waals surface area contributed by atoms with Crippen LogP contribution in [0.15, 0.2) is 24.5 Å². The number of fused-ring (bicyclic) bond motifs is 1. The molecule has 0 atom stereocenters. The van der Waals surface area contributed by atoms with Crippen molar-refractivity contribution in [3.05, 3.63) is 30.4 Å². The maximum atomic E-state index is 5.75. The lowest BCUT2D eigenvalue weighted by Crippen LogP contribution is -2.16. The van der Waals surface area contributed by atoms with E-state index in [2.05, 4.69) is 28.4 Å². The molecule has 2 heterocycles. The van der Waals surface area contributed by atoms with Crippen molar-refractivity contribution >= 4 is 11.2 Å². The van der Waals surface area contributed by atoms with E-state index in [4.69, 9.17) is 5.73 Å². The third-order valence-electron chi connectivity index (χ3n) is 2.41. The predicted octanol–water partition coefficient (Wildman–Crippen LogP) is 1.02. The molecule has 0 fully saturated rings. The molecule has 0 aromatic carbocycles. The maximum absolute atomic E-state index is 5.75. The van der Waals surface area contributed by atoms with Crippen molar-refractivity contribution in [3.63, 3.8) is 0 Å². The normalized spacial score (nSPS) is 11.4. The van der Waals surface area contributed by atoms with Crippen molar-refractivity contribution in [2.24, 2.45) is 0 Å². The van der Waals surface area contributed by atoms with Crippen LogP contribution in [0.1, 0.15) is 5.82 Å². The summed E-state index contributed by atoms with van der Waals surface area (Å²) in [5.41, 5.74) is 7.61. The molecule has 0 aliphatic carbocycles. The molecule has 0 saturated heterocycles. The molecule has 0 unspecified atom stereocenters. The molecular weight excluding hydrogens is 188 g/mol. The van der Waals surface area contributed by atoms with E-state index in [1.165, 1.54) is 0 Å². The molecule has 80 valence electrons. The Labute approximate surface area is 89.3 Å². The van der Waals surface area contributed by atoms with Crippen LogP contribution in [0, 0.1) is 0 Å². The van der Waals surface area contributed by atoms with E-state index in [0.717, 1.165) is 30.0 Å². The van der Waals surface area contributed by atoms with E-state index in [0.29, 0.717) is 0 Å². The van der Waals surface area contributed by atoms with E-state index in [-0.39, 0.29) is 0 Å². The first-order valence-electron chi connectivity index (χ1n) is 5.03. The molecule has 0 radical (unpaired) electrons. The Bertz CT molecular complexity index is 459. The van der Waals surface area contributed by atoms with Gasteiger partial charge in [-0.3, -0.25) is 0 Å². The molecule has 2 rings (SSSR count). The highest BCUT2D eigenvalue weighted by Gasteiger charge is 2.03. The largest absolute Gasteiger partial charge is 0.398 e. The first-order chi connectivity index (χ1) is 7.16. The molecule has 0 saturated carbocycles. The Morgan fingerprint density at radius 3 is 2.93 bits per heavy atom. The standard InChI is InChI=1S/C11H16N4/c1-14(2)6-5-11-13-7-10-4-3-9(12)8-15(10)11/h3-4,7-8H,5-6,12H2,1-2H3. The van der Waals surface area contributed by atoms with Crippen LogP contribution in [0.5, 0.6) is 0 Å². The Morgan fingerprint density at radius 2 is 2.20 bits per heavy atom. The number of hydrogen-bond acceptors (Lipinski definition) is 3. The minimum atomic E-state index is 0.770. The van der Waals surface area contributed by atoms with Crippen molar-refractivity contribution in [3.8, 4) is 0 Å². The number of likely N-dealkylation sites (N-methyl/N-ethyl adjacent to an activating group) is 1. The van der Waals surface area contributed by atoms with E-state index in [1.807, 2.05) is 24.5 Å². The molecule has 4 nitrogen and oxygen atoms in total. The summed E-state index contributed by atoms with van der Waals surface area (Å²) in [5, 5.41) is 0. The summed E-state index contributed by atoms with van der Waals surface area (Å²) in [5.74, 6) is 1.06. The van der Waals surface area contributed by atoms with Gasteiger partial charge in [-0.15, -0.1) is 0 Å². The summed E-state index contributed by atoms with van der Waals surface area (Å²) in [4.78, 5) is 6.54. The summed E-state index contributed by atoms with van der Waals surface area (Å²) in [6.45, 7) is 0.994. The van der Waals surface area contributed by atoms with Gasteiger partial charge in [-0.25, -0.2) is 4.98 Å². The third kappa shape index (κ3) is 2.10. The smallest absolute Gasteiger partial charge is 0.114 e. The minimum Gasteiger partial charge on any atom is -0.398 e. The number of aromatic nitrogens is 2. The topological polar surface area (TPSA) is 46.6 Å². The summed E-state index contributed by atoms with van der Waals surface area (Å²) >= 11 is 0. The van der Waals surface area contributed by atoms with Gasteiger partial charge >= 0.3 is 0 Å². The quantitative estimate of drug-likeness (QED) is 0.812. The average molecular weight is 204 g/mol. The number of hydrogen-bond donors (Lipinski definition) is 1. The lowest BCUT2D eigenvalue weighted by atomic mass is 10.3. The lowest BCUT2D eigenvalue weighted by molar-refractivity contribution is 0.409. The predicted molar refractivity (Wildman–Crippen MR) is 61.9 cm³/mol. The molecule has 4 heteroatoms. The highest BCUT2D eigenvalue weighted by Crippen LogP contribution is 2.10. The van der Waals surface area contributed by atoms with Crippen LogP contribution in [0.25, 0.3) is 5.52 Å². The highest BCUT2D eigenvalue weighted by atomic mass is 15.1. The van der Waals surface area contributed by atoms with Gasteiger partial charge in [0, 0.05) is 24.8 Å². The fraction of sp³-hybridized carbons (Fsp3) is 0.364. The second-order valence-corrected chi connectivity index (χ2v) is 3.99. The van der Waals surface area contributed by atoms with Gasteiger partial charge in [0.25, 0.3) is 0 Å². The van der Waals surface area contributed by atoms with Crippen LogP contribution in [0.4, 0.5) is 5.69 Å². The van der Waals surface area contributed by atoms with Crippen molar-refractivity contribution in [2.75, 3.05) is 26.4 Å². The molecule has 2 aromatic rings. The summed E-state index contributed by atoms with van der Waals surface area (Å²) in [7, 11) is 4.12. The second kappa shape index (κ2) is 3.90. The zero-order valence-corrected chi connectivity index (χ0v) is 9.14. The van der Waals surface area contributed by atoms with Gasteiger partial charge in [-0.05, 0) is 26.2 Å². The average Bonchev–Trinajstić information content (AvgIpc) is 2.57. The molecular formula is C11H16N4. The van der Waals surface area contributed by atoms with E-state index >= 15 is 0 Å². The highest BCUT2D eigenvalue weighted by molar-refractivity contribution is 5.52. The van der Waals surface area contributed by atoms with Crippen molar-refractivity contribution in [2.45, 2.75) is 6.42 Å². The Hall–Kier alpha value is -1.55. The number of pyridine rings is 1. The number of nitrogen functional groups attached to an aromatic ring is 1. The van der Waals surface area contributed by atoms with Gasteiger partial charge in [0.15, 0.2) is 0 Å². The fourth-order valence-electron chi connectivity index (χ4n) is 1.57. The molecule has 0 bridgehead atoms. The van der Waals surface area contributed by atoms with Crippen molar-refractivity contribution in [1.82, 2.24) is 14.3 Å². The molecule has 15 heavy (non-hydrogen) atoms. The monoisotopic (exact) mass is 204 g/mol. The minimum absolute atomic E-state index is 0.770.